The number of fused-ring (bicyclic) bond motifs is 1. The van der Waals surface area contributed by atoms with Crippen LogP contribution in [-0.4, -0.2) is 49.2 Å². The molecule has 3 aliphatic rings. The van der Waals surface area contributed by atoms with E-state index in [-0.39, 0.29) is 35.8 Å². The van der Waals surface area contributed by atoms with Gasteiger partial charge in [-0.3, -0.25) is 9.59 Å². The predicted octanol–water partition coefficient (Wildman–Crippen LogP) is 1.54. The van der Waals surface area contributed by atoms with Crippen molar-refractivity contribution in [1.29, 1.82) is 0 Å². The van der Waals surface area contributed by atoms with Crippen molar-refractivity contribution in [3.63, 3.8) is 0 Å². The molecule has 2 atom stereocenters. The van der Waals surface area contributed by atoms with E-state index in [0.717, 1.165) is 24.9 Å². The molecule has 1 aliphatic carbocycles. The third-order valence-electron chi connectivity index (χ3n) is 5.83. The van der Waals surface area contributed by atoms with E-state index >= 15 is 0 Å². The van der Waals surface area contributed by atoms with Crippen LogP contribution >= 0.6 is 0 Å². The first-order valence-corrected chi connectivity index (χ1v) is 11.2. The number of benzene rings is 1. The van der Waals surface area contributed by atoms with Crippen LogP contribution in [0, 0.1) is 5.92 Å². The minimum Gasteiger partial charge on any atom is -0.338 e. The van der Waals surface area contributed by atoms with Crippen molar-refractivity contribution in [1.82, 2.24) is 4.90 Å². The number of carbonyl (C=O) groups excluding carboxylic acids is 2. The molecule has 0 spiro atoms. The Balaban J connectivity index is 1.44. The molecular formula is C19H24N2O4S. The summed E-state index contributed by atoms with van der Waals surface area (Å²) in [5.41, 5.74) is 3.38. The monoisotopic (exact) mass is 376 g/mol. The fraction of sp³-hybridized carbons (Fsp3) is 0.579. The Labute approximate surface area is 153 Å². The summed E-state index contributed by atoms with van der Waals surface area (Å²) in [6.45, 7) is 0.319. The predicted molar refractivity (Wildman–Crippen MR) is 98.6 cm³/mol. The summed E-state index contributed by atoms with van der Waals surface area (Å²) < 4.78 is 23.4. The van der Waals surface area contributed by atoms with Crippen LogP contribution in [0.2, 0.25) is 0 Å². The van der Waals surface area contributed by atoms with Crippen molar-refractivity contribution in [2.45, 2.75) is 44.6 Å². The Morgan fingerprint density at radius 2 is 2.00 bits per heavy atom. The van der Waals surface area contributed by atoms with Crippen LogP contribution in [0.3, 0.4) is 0 Å². The van der Waals surface area contributed by atoms with Gasteiger partial charge in [-0.05, 0) is 49.3 Å². The lowest BCUT2D eigenvalue weighted by Gasteiger charge is -2.23. The zero-order valence-electron chi connectivity index (χ0n) is 14.7. The smallest absolute Gasteiger partial charge is 0.229 e. The molecule has 4 rings (SSSR count). The van der Waals surface area contributed by atoms with Gasteiger partial charge in [0.2, 0.25) is 11.8 Å². The fourth-order valence-electron chi connectivity index (χ4n) is 4.41. The standard InChI is InChI=1S/C19H24N2O4S/c22-18-10-14(11-21(18)15-8-9-26(24,25)12-15)19(23)20-17-7-3-5-13-4-1-2-6-16(13)17/h3,5,7,14-15H,1-2,4,6,8-12H2,(H,20,23)/t14-,15+/m0/s1. The summed E-state index contributed by atoms with van der Waals surface area (Å²) in [7, 11) is -3.05. The second-order valence-corrected chi connectivity index (χ2v) is 9.87. The molecule has 0 unspecified atom stereocenters. The summed E-state index contributed by atoms with van der Waals surface area (Å²) in [4.78, 5) is 26.7. The first-order chi connectivity index (χ1) is 12.4. The maximum Gasteiger partial charge on any atom is 0.229 e. The van der Waals surface area contributed by atoms with Gasteiger partial charge >= 0.3 is 0 Å². The van der Waals surface area contributed by atoms with Gasteiger partial charge in [0.15, 0.2) is 9.84 Å². The highest BCUT2D eigenvalue weighted by Gasteiger charge is 2.42. The van der Waals surface area contributed by atoms with Crippen molar-refractivity contribution in [3.05, 3.63) is 29.3 Å². The molecule has 0 aromatic heterocycles. The number of anilines is 1. The molecule has 2 heterocycles. The maximum atomic E-state index is 12.7. The van der Waals surface area contributed by atoms with Crippen LogP contribution in [0.4, 0.5) is 5.69 Å². The molecule has 6 nitrogen and oxygen atoms in total. The number of carbonyl (C=O) groups is 2. The van der Waals surface area contributed by atoms with Gasteiger partial charge in [0.1, 0.15) is 0 Å². The van der Waals surface area contributed by atoms with E-state index in [4.69, 9.17) is 0 Å². The minimum absolute atomic E-state index is 0.0271. The Hall–Kier alpha value is -1.89. The Bertz CT molecular complexity index is 849. The van der Waals surface area contributed by atoms with E-state index in [0.29, 0.717) is 13.0 Å². The van der Waals surface area contributed by atoms with Gasteiger partial charge < -0.3 is 10.2 Å². The molecule has 0 bridgehead atoms. The van der Waals surface area contributed by atoms with E-state index < -0.39 is 15.8 Å². The van der Waals surface area contributed by atoms with E-state index in [9.17, 15) is 18.0 Å². The van der Waals surface area contributed by atoms with Gasteiger partial charge in [0.05, 0.1) is 17.4 Å². The number of hydrogen-bond donors (Lipinski definition) is 1. The quantitative estimate of drug-likeness (QED) is 0.867. The fourth-order valence-corrected chi connectivity index (χ4v) is 6.15. The highest BCUT2D eigenvalue weighted by molar-refractivity contribution is 7.91. The third kappa shape index (κ3) is 3.37. The number of nitrogens with zero attached hydrogens (tertiary/aromatic N) is 1. The normalized spacial score (nSPS) is 27.4. The first-order valence-electron chi connectivity index (χ1n) is 9.34. The second-order valence-electron chi connectivity index (χ2n) is 7.64. The summed E-state index contributed by atoms with van der Waals surface area (Å²) in [6, 6.07) is 5.75. The van der Waals surface area contributed by atoms with E-state index in [1.54, 1.807) is 4.90 Å². The Morgan fingerprint density at radius 3 is 2.77 bits per heavy atom. The molecule has 26 heavy (non-hydrogen) atoms. The number of sulfone groups is 1. The molecule has 2 aliphatic heterocycles. The summed E-state index contributed by atoms with van der Waals surface area (Å²) in [6.07, 6.45) is 4.98. The zero-order chi connectivity index (χ0) is 18.3. The Kier molecular flexibility index (Phi) is 4.50. The van der Waals surface area contributed by atoms with Crippen LogP contribution in [0.5, 0.6) is 0 Å². The number of likely N-dealkylation sites (tertiary alicyclic amines) is 1. The lowest BCUT2D eigenvalue weighted by molar-refractivity contribution is -0.129. The van der Waals surface area contributed by atoms with Crippen LogP contribution in [-0.2, 0) is 32.3 Å². The van der Waals surface area contributed by atoms with Crippen molar-refractivity contribution >= 4 is 27.3 Å². The summed E-state index contributed by atoms with van der Waals surface area (Å²) >= 11 is 0. The molecule has 2 amide bonds. The van der Waals surface area contributed by atoms with Crippen molar-refractivity contribution in [2.75, 3.05) is 23.4 Å². The van der Waals surface area contributed by atoms with E-state index in [1.165, 1.54) is 17.5 Å². The number of rotatable bonds is 3. The average Bonchev–Trinajstić information content (AvgIpc) is 3.17. The number of aryl methyl sites for hydroxylation is 1. The number of hydrogen-bond acceptors (Lipinski definition) is 4. The minimum atomic E-state index is -3.05. The van der Waals surface area contributed by atoms with Gasteiger partial charge in [-0.15, -0.1) is 0 Å². The lowest BCUT2D eigenvalue weighted by atomic mass is 9.90. The molecule has 1 aromatic rings. The average molecular weight is 376 g/mol. The lowest BCUT2D eigenvalue weighted by Crippen LogP contribution is -2.38. The maximum absolute atomic E-state index is 12.7. The topological polar surface area (TPSA) is 83.6 Å². The molecule has 7 heteroatoms. The van der Waals surface area contributed by atoms with Gasteiger partial charge in [0.25, 0.3) is 0 Å². The Morgan fingerprint density at radius 1 is 1.19 bits per heavy atom. The second kappa shape index (κ2) is 6.68. The third-order valence-corrected chi connectivity index (χ3v) is 7.58. The van der Waals surface area contributed by atoms with Gasteiger partial charge in [0, 0.05) is 24.7 Å². The van der Waals surface area contributed by atoms with Crippen LogP contribution in [0.1, 0.15) is 36.8 Å². The summed E-state index contributed by atoms with van der Waals surface area (Å²) in [5, 5.41) is 3.02. The molecule has 0 radical (unpaired) electrons. The molecular weight excluding hydrogens is 352 g/mol. The van der Waals surface area contributed by atoms with Crippen LogP contribution in [0.15, 0.2) is 18.2 Å². The number of nitrogens with one attached hydrogen (secondary N) is 1. The molecule has 0 saturated carbocycles. The molecule has 140 valence electrons. The molecule has 2 fully saturated rings. The van der Waals surface area contributed by atoms with Crippen molar-refractivity contribution in [3.8, 4) is 0 Å². The van der Waals surface area contributed by atoms with Crippen LogP contribution < -0.4 is 5.32 Å². The highest BCUT2D eigenvalue weighted by Crippen LogP contribution is 2.30. The zero-order valence-corrected chi connectivity index (χ0v) is 15.6. The molecule has 2 saturated heterocycles. The first kappa shape index (κ1) is 17.5. The van der Waals surface area contributed by atoms with Gasteiger partial charge in [-0.25, -0.2) is 8.42 Å². The van der Waals surface area contributed by atoms with Crippen molar-refractivity contribution in [2.24, 2.45) is 5.92 Å². The molecule has 1 N–H and O–H groups in total. The largest absolute Gasteiger partial charge is 0.338 e. The SMILES string of the molecule is O=C(Nc1cccc2c1CCCC2)[C@H]1CC(=O)N([C@@H]2CCS(=O)(=O)C2)C1. The van der Waals surface area contributed by atoms with E-state index in [2.05, 4.69) is 11.4 Å². The van der Waals surface area contributed by atoms with Crippen molar-refractivity contribution < 1.29 is 18.0 Å². The highest BCUT2D eigenvalue weighted by atomic mass is 32.2. The molecule has 1 aromatic carbocycles. The van der Waals surface area contributed by atoms with Gasteiger partial charge in [-0.1, -0.05) is 12.1 Å². The van der Waals surface area contributed by atoms with E-state index in [1.807, 2.05) is 12.1 Å². The van der Waals surface area contributed by atoms with Gasteiger partial charge in [-0.2, -0.15) is 0 Å². The summed E-state index contributed by atoms with van der Waals surface area (Å²) in [5.74, 6) is -0.499. The number of amides is 2. The van der Waals surface area contributed by atoms with Crippen LogP contribution in [0.25, 0.3) is 0 Å².